The van der Waals surface area contributed by atoms with Gasteiger partial charge in [0, 0.05) is 12.6 Å². The van der Waals surface area contributed by atoms with Crippen LogP contribution in [0.2, 0.25) is 0 Å². The molecule has 0 aromatic carbocycles. The molecule has 96 valence electrons. The fraction of sp³-hybridized carbons (Fsp3) is 0.600. The van der Waals surface area contributed by atoms with Gasteiger partial charge in [-0.1, -0.05) is 0 Å². The molecule has 1 aromatic rings. The maximum Gasteiger partial charge on any atom is 0.253 e. The van der Waals surface area contributed by atoms with Crippen molar-refractivity contribution in [3.63, 3.8) is 0 Å². The summed E-state index contributed by atoms with van der Waals surface area (Å²) in [5.41, 5.74) is 0.953. The molecule has 0 bridgehead atoms. The van der Waals surface area contributed by atoms with E-state index in [1.807, 2.05) is 13.8 Å². The first-order valence-electron chi connectivity index (χ1n) is 5.28. The topological polar surface area (TPSA) is 46.6 Å². The summed E-state index contributed by atoms with van der Waals surface area (Å²) < 4.78 is 32.9. The van der Waals surface area contributed by atoms with E-state index in [0.717, 1.165) is 9.35 Å². The normalized spacial score (nSPS) is 22.9. The van der Waals surface area contributed by atoms with Crippen molar-refractivity contribution in [3.05, 3.63) is 15.4 Å². The van der Waals surface area contributed by atoms with Crippen LogP contribution >= 0.6 is 27.3 Å². The van der Waals surface area contributed by atoms with Gasteiger partial charge in [-0.3, -0.25) is 0 Å². The van der Waals surface area contributed by atoms with Crippen molar-refractivity contribution in [1.82, 2.24) is 4.31 Å². The average molecular weight is 340 g/mol. The molecule has 0 saturated carbocycles. The largest absolute Gasteiger partial charge is 0.378 e. The minimum absolute atomic E-state index is 0.102. The zero-order valence-corrected chi connectivity index (χ0v) is 12.9. The SMILES string of the molecule is Cc1cc(S(=O)(=O)N2CCOC[C@H]2C)sc1Br. The van der Waals surface area contributed by atoms with E-state index in [1.165, 1.54) is 15.6 Å². The van der Waals surface area contributed by atoms with Crippen LogP contribution in [0.1, 0.15) is 12.5 Å². The molecule has 0 radical (unpaired) electrons. The molecule has 0 spiro atoms. The Bertz CT molecular complexity index is 492. The van der Waals surface area contributed by atoms with Crippen LogP contribution in [0.3, 0.4) is 0 Å². The van der Waals surface area contributed by atoms with Crippen molar-refractivity contribution in [3.8, 4) is 0 Å². The standard InChI is InChI=1S/C10H14BrNO3S2/c1-7-5-9(16-10(7)11)17(13,14)12-3-4-15-6-8(12)2/h5,8H,3-4,6H2,1-2H3/t8-/m1/s1. The number of rotatable bonds is 2. The molecule has 0 amide bonds. The monoisotopic (exact) mass is 339 g/mol. The molecule has 4 nitrogen and oxygen atoms in total. The third-order valence-electron chi connectivity index (χ3n) is 2.70. The number of hydrogen-bond donors (Lipinski definition) is 0. The lowest BCUT2D eigenvalue weighted by Crippen LogP contribution is -2.46. The molecule has 0 unspecified atom stereocenters. The van der Waals surface area contributed by atoms with Crippen LogP contribution in [0, 0.1) is 6.92 Å². The van der Waals surface area contributed by atoms with Gasteiger partial charge in [-0.05, 0) is 41.4 Å². The predicted molar refractivity (Wildman–Crippen MR) is 70.9 cm³/mol. The van der Waals surface area contributed by atoms with Gasteiger partial charge in [-0.25, -0.2) is 8.42 Å². The third kappa shape index (κ3) is 2.58. The number of hydrogen-bond acceptors (Lipinski definition) is 4. The number of halogens is 1. The van der Waals surface area contributed by atoms with Crippen molar-refractivity contribution < 1.29 is 13.2 Å². The van der Waals surface area contributed by atoms with Gasteiger partial charge in [0.15, 0.2) is 0 Å². The number of morpholine rings is 1. The molecule has 2 rings (SSSR count). The molecule has 1 fully saturated rings. The molecule has 1 atom stereocenters. The minimum Gasteiger partial charge on any atom is -0.378 e. The Balaban J connectivity index is 2.35. The van der Waals surface area contributed by atoms with E-state index in [9.17, 15) is 8.42 Å². The van der Waals surface area contributed by atoms with E-state index in [2.05, 4.69) is 15.9 Å². The summed E-state index contributed by atoms with van der Waals surface area (Å²) in [4.78, 5) is 0. The highest BCUT2D eigenvalue weighted by Crippen LogP contribution is 2.33. The van der Waals surface area contributed by atoms with Crippen molar-refractivity contribution in [2.75, 3.05) is 19.8 Å². The van der Waals surface area contributed by atoms with Crippen molar-refractivity contribution in [2.24, 2.45) is 0 Å². The van der Waals surface area contributed by atoms with E-state index >= 15 is 0 Å². The zero-order valence-electron chi connectivity index (χ0n) is 9.64. The molecule has 0 aliphatic carbocycles. The molecular weight excluding hydrogens is 326 g/mol. The van der Waals surface area contributed by atoms with Gasteiger partial charge in [0.05, 0.1) is 17.0 Å². The summed E-state index contributed by atoms with van der Waals surface area (Å²) >= 11 is 4.62. The lowest BCUT2D eigenvalue weighted by atomic mass is 10.3. The van der Waals surface area contributed by atoms with Gasteiger partial charge in [-0.2, -0.15) is 4.31 Å². The van der Waals surface area contributed by atoms with Gasteiger partial charge in [0.2, 0.25) is 0 Å². The van der Waals surface area contributed by atoms with Gasteiger partial charge in [0.25, 0.3) is 10.0 Å². The Hall–Kier alpha value is 0.0500. The van der Waals surface area contributed by atoms with Crippen LogP contribution in [-0.4, -0.2) is 38.5 Å². The molecule has 2 heterocycles. The Kier molecular flexibility index (Phi) is 3.94. The highest BCUT2D eigenvalue weighted by atomic mass is 79.9. The summed E-state index contributed by atoms with van der Waals surface area (Å²) in [6.45, 7) is 5.12. The second-order valence-corrected chi connectivity index (χ2v) is 8.55. The van der Waals surface area contributed by atoms with E-state index in [0.29, 0.717) is 24.0 Å². The van der Waals surface area contributed by atoms with Crippen LogP contribution in [0.4, 0.5) is 0 Å². The number of thiophene rings is 1. The number of nitrogens with zero attached hydrogens (tertiary/aromatic N) is 1. The summed E-state index contributed by atoms with van der Waals surface area (Å²) in [5.74, 6) is 0. The number of sulfonamides is 1. The van der Waals surface area contributed by atoms with Gasteiger partial charge < -0.3 is 4.74 Å². The molecule has 17 heavy (non-hydrogen) atoms. The van der Waals surface area contributed by atoms with E-state index < -0.39 is 10.0 Å². The Labute approximate surface area is 114 Å². The summed E-state index contributed by atoms with van der Waals surface area (Å²) in [5, 5.41) is 0. The second-order valence-electron chi connectivity index (χ2n) is 4.06. The first-order chi connectivity index (χ1) is 7.93. The van der Waals surface area contributed by atoms with Crippen LogP contribution in [0.25, 0.3) is 0 Å². The van der Waals surface area contributed by atoms with E-state index in [1.54, 1.807) is 6.07 Å². The van der Waals surface area contributed by atoms with Crippen LogP contribution in [0.5, 0.6) is 0 Å². The lowest BCUT2D eigenvalue weighted by Gasteiger charge is -2.31. The third-order valence-corrected chi connectivity index (χ3v) is 7.30. The van der Waals surface area contributed by atoms with Crippen LogP contribution in [0.15, 0.2) is 14.1 Å². The Morgan fingerprint density at radius 3 is 2.82 bits per heavy atom. The maximum atomic E-state index is 12.4. The maximum absolute atomic E-state index is 12.4. The average Bonchev–Trinajstić information content (AvgIpc) is 2.60. The fourth-order valence-corrected chi connectivity index (χ4v) is 5.70. The Morgan fingerprint density at radius 1 is 1.59 bits per heavy atom. The van der Waals surface area contributed by atoms with Crippen molar-refractivity contribution in [2.45, 2.75) is 24.1 Å². The van der Waals surface area contributed by atoms with Gasteiger partial charge >= 0.3 is 0 Å². The smallest absolute Gasteiger partial charge is 0.253 e. The van der Waals surface area contributed by atoms with Crippen molar-refractivity contribution in [1.29, 1.82) is 0 Å². The highest BCUT2D eigenvalue weighted by Gasteiger charge is 2.32. The molecule has 1 saturated heterocycles. The number of aryl methyl sites for hydroxylation is 1. The first kappa shape index (κ1) is 13.5. The second kappa shape index (κ2) is 4.97. The molecule has 0 N–H and O–H groups in total. The molecule has 1 aromatic heterocycles. The molecule has 7 heteroatoms. The molecular formula is C10H14BrNO3S2. The molecule has 1 aliphatic rings. The lowest BCUT2D eigenvalue weighted by molar-refractivity contribution is 0.0393. The summed E-state index contributed by atoms with van der Waals surface area (Å²) in [6, 6.07) is 1.61. The van der Waals surface area contributed by atoms with Crippen LogP contribution in [-0.2, 0) is 14.8 Å². The Morgan fingerprint density at radius 2 is 2.29 bits per heavy atom. The first-order valence-corrected chi connectivity index (χ1v) is 8.33. The summed E-state index contributed by atoms with van der Waals surface area (Å²) in [7, 11) is -3.37. The number of ether oxygens (including phenoxy) is 1. The highest BCUT2D eigenvalue weighted by molar-refractivity contribution is 9.11. The minimum atomic E-state index is -3.37. The predicted octanol–water partition coefficient (Wildman–Crippen LogP) is 2.23. The zero-order chi connectivity index (χ0) is 12.6. The molecule has 1 aliphatic heterocycles. The fourth-order valence-electron chi connectivity index (χ4n) is 1.74. The van der Waals surface area contributed by atoms with E-state index in [4.69, 9.17) is 4.74 Å². The van der Waals surface area contributed by atoms with Crippen LogP contribution < -0.4 is 0 Å². The van der Waals surface area contributed by atoms with E-state index in [-0.39, 0.29) is 6.04 Å². The van der Waals surface area contributed by atoms with Gasteiger partial charge in [-0.15, -0.1) is 11.3 Å². The van der Waals surface area contributed by atoms with Gasteiger partial charge in [0.1, 0.15) is 4.21 Å². The van der Waals surface area contributed by atoms with Crippen molar-refractivity contribution >= 4 is 37.3 Å². The summed E-state index contributed by atoms with van der Waals surface area (Å²) in [6.07, 6.45) is 0. The quantitative estimate of drug-likeness (QED) is 0.829.